The van der Waals surface area contributed by atoms with Crippen molar-refractivity contribution in [2.24, 2.45) is 0 Å². The Kier molecular flexibility index (Phi) is 9.84. The summed E-state index contributed by atoms with van der Waals surface area (Å²) in [6, 6.07) is 14.0. The molecule has 2 aromatic carbocycles. The van der Waals surface area contributed by atoms with Crippen LogP contribution in [0, 0.1) is 18.3 Å². The van der Waals surface area contributed by atoms with Crippen molar-refractivity contribution in [3.63, 3.8) is 0 Å². The third-order valence-corrected chi connectivity index (χ3v) is 9.01. The molecule has 1 aliphatic carbocycles. The molecule has 1 saturated carbocycles. The van der Waals surface area contributed by atoms with Crippen LogP contribution < -0.4 is 23.4 Å². The summed E-state index contributed by atoms with van der Waals surface area (Å²) in [7, 11) is 4.20. The van der Waals surface area contributed by atoms with E-state index >= 15 is 0 Å². The van der Waals surface area contributed by atoms with Gasteiger partial charge in [-0.3, -0.25) is 4.57 Å². The van der Waals surface area contributed by atoms with Gasteiger partial charge in [0, 0.05) is 18.9 Å². The highest BCUT2D eigenvalue weighted by molar-refractivity contribution is 5.83. The molecule has 1 aliphatic rings. The molecule has 1 N–H and O–H groups in total. The van der Waals surface area contributed by atoms with Crippen molar-refractivity contribution >= 4 is 6.03 Å². The molecule has 3 heterocycles. The zero-order valence-electron chi connectivity index (χ0n) is 26.9. The molecule has 0 spiro atoms. The fourth-order valence-electron chi connectivity index (χ4n) is 6.50. The molecule has 16 heteroatoms. The zero-order valence-corrected chi connectivity index (χ0v) is 27.6. The molecule has 12 nitrogen and oxygen atoms in total. The quantitative estimate of drug-likeness (QED) is 0.258. The first-order chi connectivity index (χ1) is 22.9. The van der Waals surface area contributed by atoms with E-state index in [1.165, 1.54) is 29.4 Å². The molecule has 6 rings (SSSR count). The summed E-state index contributed by atoms with van der Waals surface area (Å²) in [5.74, 6) is 0.614. The van der Waals surface area contributed by atoms with E-state index < -0.39 is 23.5 Å². The lowest BCUT2D eigenvalue weighted by Crippen LogP contribution is -3.00. The average molecular weight is 696 g/mol. The molecule has 5 aromatic rings. The second-order valence-electron chi connectivity index (χ2n) is 12.5. The normalized spacial score (nSPS) is 16.5. The number of benzene rings is 2. The molecule has 49 heavy (non-hydrogen) atoms. The number of alkyl halides is 3. The highest BCUT2D eigenvalue weighted by atomic mass is 35.5. The van der Waals surface area contributed by atoms with Gasteiger partial charge in [-0.05, 0) is 68.3 Å². The molecule has 256 valence electrons. The van der Waals surface area contributed by atoms with E-state index in [1.807, 2.05) is 0 Å². The van der Waals surface area contributed by atoms with Crippen LogP contribution >= 0.6 is 0 Å². The number of nitriles is 1. The Balaban J connectivity index is 0.00000468. The van der Waals surface area contributed by atoms with E-state index in [9.17, 15) is 28.0 Å². The fraction of sp³-hybridized carbons (Fsp3) is 0.333. The van der Waals surface area contributed by atoms with Gasteiger partial charge in [-0.2, -0.15) is 28.5 Å². The number of carbonyl (C=O) groups is 1. The fourth-order valence-corrected chi connectivity index (χ4v) is 6.50. The van der Waals surface area contributed by atoms with Crippen LogP contribution in [0.2, 0.25) is 0 Å². The number of imidazole rings is 1. The zero-order chi connectivity index (χ0) is 34.2. The van der Waals surface area contributed by atoms with Crippen molar-refractivity contribution in [1.82, 2.24) is 34.4 Å². The third kappa shape index (κ3) is 7.01. The maximum Gasteiger partial charge on any atom is 0.416 e. The van der Waals surface area contributed by atoms with E-state index in [2.05, 4.69) is 40.7 Å². The van der Waals surface area contributed by atoms with Gasteiger partial charge in [0.1, 0.15) is 12.2 Å². The summed E-state index contributed by atoms with van der Waals surface area (Å²) >= 11 is 0. The van der Waals surface area contributed by atoms with Crippen molar-refractivity contribution in [3.8, 4) is 28.8 Å². The summed E-state index contributed by atoms with van der Waals surface area (Å²) in [4.78, 5) is 32.3. The van der Waals surface area contributed by atoms with Crippen LogP contribution in [0.4, 0.5) is 18.0 Å². The summed E-state index contributed by atoms with van der Waals surface area (Å²) in [5.41, 5.74) is -0.0195. The lowest BCUT2D eigenvalue weighted by Gasteiger charge is -2.41. The first-order valence-electron chi connectivity index (χ1n) is 15.3. The van der Waals surface area contributed by atoms with Gasteiger partial charge >= 0.3 is 17.9 Å². The molecule has 0 aliphatic heterocycles. The minimum absolute atomic E-state index is 0. The highest BCUT2D eigenvalue weighted by Gasteiger charge is 2.36. The number of hydrogen-bond acceptors (Lipinski definition) is 7. The molecule has 0 unspecified atom stereocenters. The predicted octanol–water partition coefficient (Wildman–Crippen LogP) is 2.22. The van der Waals surface area contributed by atoms with E-state index in [0.29, 0.717) is 46.6 Å². The first kappa shape index (κ1) is 35.1. The van der Waals surface area contributed by atoms with Crippen LogP contribution in [0.15, 0.2) is 76.5 Å². The average Bonchev–Trinajstić information content (AvgIpc) is 3.80. The topological polar surface area (TPSA) is 137 Å². The number of nitrogens with zero attached hydrogens (tertiary/aromatic N) is 8. The van der Waals surface area contributed by atoms with E-state index in [4.69, 9.17) is 4.52 Å². The largest absolute Gasteiger partial charge is 1.00 e. The van der Waals surface area contributed by atoms with E-state index in [1.54, 1.807) is 37.3 Å². The summed E-state index contributed by atoms with van der Waals surface area (Å²) < 4.78 is 50.1. The molecular weight excluding hydrogens is 663 g/mol. The van der Waals surface area contributed by atoms with E-state index in [0.717, 1.165) is 34.1 Å². The van der Waals surface area contributed by atoms with Gasteiger partial charge in [0.2, 0.25) is 12.2 Å². The van der Waals surface area contributed by atoms with Gasteiger partial charge in [0.25, 0.3) is 0 Å². The van der Waals surface area contributed by atoms with Crippen LogP contribution in [-0.2, 0) is 12.7 Å². The summed E-state index contributed by atoms with van der Waals surface area (Å²) in [5, 5.41) is 20.6. The number of rotatable bonds is 7. The summed E-state index contributed by atoms with van der Waals surface area (Å²) in [6.07, 6.45) is 1.08. The molecule has 0 saturated heterocycles. The number of nitrogens with one attached hydrogen (secondary N) is 1. The van der Waals surface area contributed by atoms with Crippen molar-refractivity contribution in [1.29, 1.82) is 5.26 Å². The van der Waals surface area contributed by atoms with Gasteiger partial charge in [-0.15, -0.1) is 0 Å². The number of halogens is 4. The van der Waals surface area contributed by atoms with Gasteiger partial charge in [-0.1, -0.05) is 11.2 Å². The predicted molar refractivity (Wildman–Crippen MR) is 167 cm³/mol. The van der Waals surface area contributed by atoms with Crippen molar-refractivity contribution in [2.75, 3.05) is 14.1 Å². The SMILES string of the molecule is Cc1c(-c2ccnn2-c2ccc(C#N)cc2)n(C(=O)NC2CCC([N+](C)(C)Cc3ncon3)CC2)c(=O)n1-c1cccc(C(F)(F)F)c1.[Cl-]. The monoisotopic (exact) mass is 695 g/mol. The smallest absolute Gasteiger partial charge is 0.416 e. The molecule has 3 aromatic heterocycles. The highest BCUT2D eigenvalue weighted by Crippen LogP contribution is 2.33. The number of carbonyl (C=O) groups excluding carboxylic acids is 1. The molecule has 0 bridgehead atoms. The van der Waals surface area contributed by atoms with Gasteiger partial charge < -0.3 is 26.7 Å². The lowest BCUT2D eigenvalue weighted by atomic mass is 9.89. The minimum Gasteiger partial charge on any atom is -1.00 e. The van der Waals surface area contributed by atoms with Crippen molar-refractivity contribution < 1.29 is 39.4 Å². The first-order valence-corrected chi connectivity index (χ1v) is 15.3. The third-order valence-electron chi connectivity index (χ3n) is 9.01. The van der Waals surface area contributed by atoms with E-state index in [-0.39, 0.29) is 41.6 Å². The van der Waals surface area contributed by atoms with Crippen LogP contribution in [0.5, 0.6) is 0 Å². The maximum absolute atomic E-state index is 14.1. The van der Waals surface area contributed by atoms with Crippen LogP contribution in [0.25, 0.3) is 22.8 Å². The molecule has 1 amide bonds. The van der Waals surface area contributed by atoms with Gasteiger partial charge in [0.15, 0.2) is 0 Å². The van der Waals surface area contributed by atoms with Crippen LogP contribution in [0.3, 0.4) is 0 Å². The van der Waals surface area contributed by atoms with Crippen molar-refractivity contribution in [3.05, 3.63) is 100 Å². The molecule has 0 radical (unpaired) electrons. The Bertz CT molecular complexity index is 2030. The molecule has 1 fully saturated rings. The van der Waals surface area contributed by atoms with Crippen molar-refractivity contribution in [2.45, 2.75) is 57.4 Å². The standard InChI is InChI=1S/C33H32F3N9O3.ClH/c1-21-30(28-15-16-39-44(28)25-11-7-22(18-37)8-12-25)43(32(47)42(21)26-6-4-5-23(17-26)33(34,35)36)31(46)40-24-9-13-27(14-10-24)45(2,3)19-29-38-20-48-41-29;/h4-8,11-12,15-17,20,24,27H,9-10,13-14,19H2,1-3H3;1H. The second-order valence-corrected chi connectivity index (χ2v) is 12.5. The Labute approximate surface area is 285 Å². The Morgan fingerprint density at radius 2 is 1.80 bits per heavy atom. The Morgan fingerprint density at radius 3 is 2.43 bits per heavy atom. The number of hydrogen-bond donors (Lipinski definition) is 1. The lowest BCUT2D eigenvalue weighted by molar-refractivity contribution is -0.929. The Hall–Kier alpha value is -5.20. The van der Waals surface area contributed by atoms with Crippen LogP contribution in [0.1, 0.15) is 48.3 Å². The number of aromatic nitrogens is 6. The number of quaternary nitrogens is 1. The molecular formula is C33H33ClF3N9O3. The molecule has 0 atom stereocenters. The van der Waals surface area contributed by atoms with Crippen LogP contribution in [-0.4, -0.2) is 65.7 Å². The number of amides is 1. The second kappa shape index (κ2) is 13.7. The maximum atomic E-state index is 14.1. The summed E-state index contributed by atoms with van der Waals surface area (Å²) in [6.45, 7) is 2.16. The van der Waals surface area contributed by atoms with Gasteiger partial charge in [0.05, 0.1) is 66.3 Å². The Morgan fingerprint density at radius 1 is 1.08 bits per heavy atom. The minimum atomic E-state index is -4.64. The van der Waals surface area contributed by atoms with Gasteiger partial charge in [-0.25, -0.2) is 18.8 Å².